The quantitative estimate of drug-likeness (QED) is 0.0730. The van der Waals surface area contributed by atoms with E-state index < -0.39 is 59.9 Å². The van der Waals surface area contributed by atoms with Gasteiger partial charge >= 0.3 is 41.8 Å². The molecular weight excluding hydrogens is 694 g/mol. The number of aliphatic carboxylic acids is 7. The van der Waals surface area contributed by atoms with Gasteiger partial charge in [-0.2, -0.15) is 35.3 Å². The Bertz CT molecular complexity index is 706. The Labute approximate surface area is 285 Å². The highest BCUT2D eigenvalue weighted by Gasteiger charge is 2.10. The number of carbonyl (C=O) groups is 7. The number of carboxylic acid groups (broad SMARTS) is 7. The minimum absolute atomic E-state index is 0.278. The zero-order valence-corrected chi connectivity index (χ0v) is 29.0. The second kappa shape index (κ2) is 47.5. The first kappa shape index (κ1) is 59.5. The van der Waals surface area contributed by atoms with Crippen molar-refractivity contribution in [3.8, 4) is 0 Å². The molecule has 3 unspecified atom stereocenters. The fraction of sp³-hybridized carbons (Fsp3) is 0.696. The molecule has 0 aromatic rings. The van der Waals surface area contributed by atoms with Crippen LogP contribution in [0.2, 0.25) is 0 Å². The van der Waals surface area contributed by atoms with Gasteiger partial charge in [-0.1, -0.05) is 0 Å². The summed E-state index contributed by atoms with van der Waals surface area (Å²) < 4.78 is 0. The van der Waals surface area contributed by atoms with Crippen LogP contribution in [0.4, 0.5) is 0 Å². The van der Waals surface area contributed by atoms with Crippen LogP contribution in [0, 0.1) is 0 Å². The van der Waals surface area contributed by atoms with Gasteiger partial charge in [0.05, 0.1) is 26.2 Å². The molecule has 47 heavy (non-hydrogen) atoms. The minimum Gasteiger partial charge on any atom is -0.480 e. The van der Waals surface area contributed by atoms with Crippen LogP contribution < -0.4 is 40.1 Å². The Morgan fingerprint density at radius 2 is 0.553 bits per heavy atom. The molecule has 0 spiro atoms. The Balaban J connectivity index is -0.0000000810. The average molecular weight is 748 g/mol. The van der Waals surface area contributed by atoms with Gasteiger partial charge in [-0.25, -0.2) is 0 Å². The summed E-state index contributed by atoms with van der Waals surface area (Å²) in [5, 5.41) is 55.2. The number of carboxylic acids is 7. The first-order valence-electron chi connectivity index (χ1n) is 12.7. The van der Waals surface area contributed by atoms with Gasteiger partial charge in [0.1, 0.15) is 18.1 Å². The van der Waals surface area contributed by atoms with E-state index >= 15 is 0 Å². The summed E-state index contributed by atoms with van der Waals surface area (Å²) in [5.41, 5.74) is 33.9. The maximum absolute atomic E-state index is 10.1. The molecule has 0 rings (SSSR count). The Kier molecular flexibility index (Phi) is 60.1. The minimum atomic E-state index is -0.968. The van der Waals surface area contributed by atoms with Crippen molar-refractivity contribution < 1.29 is 69.3 Å². The van der Waals surface area contributed by atoms with Gasteiger partial charge in [0, 0.05) is 0 Å². The summed E-state index contributed by atoms with van der Waals surface area (Å²) in [4.78, 5) is 67.2. The molecule has 0 saturated heterocycles. The van der Waals surface area contributed by atoms with Crippen molar-refractivity contribution in [2.24, 2.45) is 40.1 Å². The molecule has 0 heterocycles. The van der Waals surface area contributed by atoms with Crippen molar-refractivity contribution in [1.29, 1.82) is 0 Å². The summed E-state index contributed by atoms with van der Waals surface area (Å²) in [6.07, 6.45) is 7.43. The SMILES string of the molecule is CSCCC(N)C(=O)O.CSCCC(N)C(=O)O.CSCCC(N)C(=O)O.NCC(=O)O.NCC(=O)O.NCC(=O)O.NCC(=O)O. The average Bonchev–Trinajstić information content (AvgIpc) is 3.02. The van der Waals surface area contributed by atoms with Crippen molar-refractivity contribution in [3.05, 3.63) is 0 Å². The van der Waals surface area contributed by atoms with Gasteiger partial charge in [-0.05, 0) is 55.3 Å². The summed E-state index contributed by atoms with van der Waals surface area (Å²) in [6, 6.07) is -2.05. The van der Waals surface area contributed by atoms with Crippen LogP contribution >= 0.6 is 35.3 Å². The van der Waals surface area contributed by atoms with E-state index in [2.05, 4.69) is 22.9 Å². The number of rotatable bonds is 16. The number of thioether (sulfide) groups is 3. The van der Waals surface area contributed by atoms with E-state index in [0.29, 0.717) is 19.3 Å². The second-order valence-electron chi connectivity index (χ2n) is 7.57. The lowest BCUT2D eigenvalue weighted by Crippen LogP contribution is -2.30. The molecule has 0 aromatic carbocycles. The highest BCUT2D eigenvalue weighted by atomic mass is 32.2. The molecule has 0 aromatic heterocycles. The standard InChI is InChI=1S/3C5H11NO2S.4C2H5NO2/c3*1-9-3-2-4(6)5(7)8;4*3-1-2(4)5/h3*4H,2-3,6H2,1H3,(H,7,8);4*1,3H2,(H,4,5). The van der Waals surface area contributed by atoms with Gasteiger partial charge in [0.15, 0.2) is 0 Å². The van der Waals surface area contributed by atoms with Crippen molar-refractivity contribution in [2.75, 3.05) is 62.2 Å². The van der Waals surface area contributed by atoms with Crippen LogP contribution in [0.3, 0.4) is 0 Å². The third kappa shape index (κ3) is 86.0. The molecular formula is C23H53N7O14S3. The third-order valence-electron chi connectivity index (χ3n) is 3.55. The van der Waals surface area contributed by atoms with Crippen LogP contribution in [0.5, 0.6) is 0 Å². The third-order valence-corrected chi connectivity index (χ3v) is 5.48. The number of nitrogens with two attached hydrogens (primary N) is 7. The number of hydrogen-bond donors (Lipinski definition) is 14. The van der Waals surface area contributed by atoms with Crippen molar-refractivity contribution in [2.45, 2.75) is 37.4 Å². The topological polar surface area (TPSA) is 443 Å². The lowest BCUT2D eigenvalue weighted by atomic mass is 10.2. The second-order valence-corrected chi connectivity index (χ2v) is 10.5. The monoisotopic (exact) mass is 747 g/mol. The fourth-order valence-electron chi connectivity index (χ4n) is 1.10. The zero-order chi connectivity index (χ0) is 39.0. The molecule has 21 N–H and O–H groups in total. The number of hydrogen-bond acceptors (Lipinski definition) is 17. The highest BCUT2D eigenvalue weighted by molar-refractivity contribution is 7.98. The van der Waals surface area contributed by atoms with Crippen LogP contribution in [0.15, 0.2) is 0 Å². The van der Waals surface area contributed by atoms with Crippen LogP contribution in [-0.4, -0.2) is 158 Å². The molecule has 282 valence electrons. The fourth-order valence-corrected chi connectivity index (χ4v) is 2.57. The Hall–Kier alpha value is -2.94. The molecule has 0 bridgehead atoms. The van der Waals surface area contributed by atoms with E-state index in [0.717, 1.165) is 17.3 Å². The molecule has 24 heteroatoms. The van der Waals surface area contributed by atoms with E-state index in [9.17, 15) is 33.6 Å². The Morgan fingerprint density at radius 1 is 0.426 bits per heavy atom. The smallest absolute Gasteiger partial charge is 0.320 e. The lowest BCUT2D eigenvalue weighted by molar-refractivity contribution is -0.139. The van der Waals surface area contributed by atoms with Crippen LogP contribution in [0.25, 0.3) is 0 Å². The van der Waals surface area contributed by atoms with Gasteiger partial charge in [-0.15, -0.1) is 0 Å². The first-order chi connectivity index (χ1) is 21.6. The maximum Gasteiger partial charge on any atom is 0.320 e. The van der Waals surface area contributed by atoms with Gasteiger partial charge < -0.3 is 75.9 Å². The summed E-state index contributed by atoms with van der Waals surface area (Å²) in [6.45, 7) is -1.11. The predicted molar refractivity (Wildman–Crippen MR) is 183 cm³/mol. The molecule has 0 aliphatic carbocycles. The molecule has 21 nitrogen and oxygen atoms in total. The Morgan fingerprint density at radius 3 is 0.617 bits per heavy atom. The van der Waals surface area contributed by atoms with E-state index in [4.69, 9.17) is 52.9 Å². The predicted octanol–water partition coefficient (Wildman–Crippen LogP) is -3.43. The summed E-state index contributed by atoms with van der Waals surface area (Å²) in [5.74, 6) is -4.17. The molecule has 0 aliphatic rings. The van der Waals surface area contributed by atoms with Gasteiger partial charge in [0.2, 0.25) is 0 Å². The molecule has 0 saturated carbocycles. The maximum atomic E-state index is 10.1. The first-order valence-corrected chi connectivity index (χ1v) is 16.9. The highest BCUT2D eigenvalue weighted by Crippen LogP contribution is 1.99. The molecule has 0 aliphatic heterocycles. The van der Waals surface area contributed by atoms with Gasteiger partial charge in [0.25, 0.3) is 0 Å². The molecule has 0 radical (unpaired) electrons. The van der Waals surface area contributed by atoms with Crippen molar-refractivity contribution in [1.82, 2.24) is 0 Å². The van der Waals surface area contributed by atoms with Crippen LogP contribution in [-0.2, 0) is 33.6 Å². The lowest BCUT2D eigenvalue weighted by Gasteiger charge is -2.02. The summed E-state index contributed by atoms with van der Waals surface area (Å²) >= 11 is 4.81. The molecule has 0 amide bonds. The van der Waals surface area contributed by atoms with E-state index in [-0.39, 0.29) is 26.2 Å². The van der Waals surface area contributed by atoms with Crippen LogP contribution in [0.1, 0.15) is 19.3 Å². The molecule has 0 fully saturated rings. The van der Waals surface area contributed by atoms with E-state index in [1.54, 1.807) is 35.3 Å². The summed E-state index contributed by atoms with van der Waals surface area (Å²) in [7, 11) is 0. The van der Waals surface area contributed by atoms with E-state index in [1.165, 1.54) is 0 Å². The molecule has 3 atom stereocenters. The van der Waals surface area contributed by atoms with Gasteiger partial charge in [-0.3, -0.25) is 33.6 Å². The van der Waals surface area contributed by atoms with Crippen molar-refractivity contribution in [3.63, 3.8) is 0 Å². The van der Waals surface area contributed by atoms with Crippen molar-refractivity contribution >= 4 is 77.1 Å². The normalized spacial score (nSPS) is 10.7. The largest absolute Gasteiger partial charge is 0.480 e. The van der Waals surface area contributed by atoms with E-state index in [1.807, 2.05) is 18.8 Å². The zero-order valence-electron chi connectivity index (χ0n) is 26.6.